The first-order valence-corrected chi connectivity index (χ1v) is 9.10. The number of nitrogens with one attached hydrogen (secondary N) is 1. The van der Waals surface area contributed by atoms with Crippen molar-refractivity contribution in [3.8, 4) is 5.75 Å². The van der Waals surface area contributed by atoms with Crippen molar-refractivity contribution >= 4 is 23.2 Å². The molecule has 134 valence electrons. The third-order valence-corrected chi connectivity index (χ3v) is 5.02. The van der Waals surface area contributed by atoms with Crippen molar-refractivity contribution in [3.05, 3.63) is 53.6 Å². The van der Waals surface area contributed by atoms with Crippen LogP contribution in [0.1, 0.15) is 30.9 Å². The lowest BCUT2D eigenvalue weighted by Gasteiger charge is -2.31. The molecule has 0 spiro atoms. The summed E-state index contributed by atoms with van der Waals surface area (Å²) in [5.74, 6) is 0.296. The smallest absolute Gasteiger partial charge is 0.268 e. The Hall–Kier alpha value is -2.82. The van der Waals surface area contributed by atoms with Gasteiger partial charge in [-0.15, -0.1) is 0 Å². The number of carbonyl (C=O) groups is 2. The monoisotopic (exact) mass is 350 g/mol. The van der Waals surface area contributed by atoms with Gasteiger partial charge in [-0.25, -0.2) is 0 Å². The minimum atomic E-state index is -0.671. The van der Waals surface area contributed by atoms with Crippen LogP contribution in [0.2, 0.25) is 0 Å². The topological polar surface area (TPSA) is 58.6 Å². The summed E-state index contributed by atoms with van der Waals surface area (Å²) in [6.45, 7) is 1.74. The van der Waals surface area contributed by atoms with Crippen LogP contribution < -0.4 is 15.0 Å². The van der Waals surface area contributed by atoms with E-state index in [4.69, 9.17) is 4.74 Å². The summed E-state index contributed by atoms with van der Waals surface area (Å²) in [6, 6.07) is 13.4. The fourth-order valence-corrected chi connectivity index (χ4v) is 3.69. The standard InChI is InChI=1S/C21H22N2O3/c1-14(26-17-11-10-15-6-2-3-7-16(15)12-17)21(25)23-13-20(24)22-18-8-4-5-9-19(18)23/h4-5,8-12,14H,2-3,6-7,13H2,1H3,(H,22,24)/t14-/m1/s1. The van der Waals surface area contributed by atoms with Gasteiger partial charge in [0.25, 0.3) is 5.91 Å². The number of ether oxygens (including phenoxy) is 1. The molecule has 2 amide bonds. The predicted octanol–water partition coefficient (Wildman–Crippen LogP) is 3.32. The average molecular weight is 350 g/mol. The molecule has 26 heavy (non-hydrogen) atoms. The molecule has 5 nitrogen and oxygen atoms in total. The highest BCUT2D eigenvalue weighted by atomic mass is 16.5. The maximum absolute atomic E-state index is 12.9. The van der Waals surface area contributed by atoms with Crippen molar-refractivity contribution in [3.63, 3.8) is 0 Å². The number of carbonyl (C=O) groups excluding carboxylic acids is 2. The Labute approximate surface area is 153 Å². The normalized spacial score (nSPS) is 17.0. The number of nitrogens with zero attached hydrogens (tertiary/aromatic N) is 1. The van der Waals surface area contributed by atoms with E-state index < -0.39 is 6.10 Å². The van der Waals surface area contributed by atoms with E-state index in [0.717, 1.165) is 12.8 Å². The van der Waals surface area contributed by atoms with Crippen LogP contribution in [0.5, 0.6) is 5.75 Å². The molecule has 0 radical (unpaired) electrons. The molecule has 4 rings (SSSR count). The van der Waals surface area contributed by atoms with Crippen molar-refractivity contribution in [2.24, 2.45) is 0 Å². The van der Waals surface area contributed by atoms with Gasteiger partial charge in [0.05, 0.1) is 11.4 Å². The zero-order valence-corrected chi connectivity index (χ0v) is 14.8. The molecule has 0 aromatic heterocycles. The van der Waals surface area contributed by atoms with Crippen molar-refractivity contribution in [1.82, 2.24) is 0 Å². The molecule has 0 saturated carbocycles. The summed E-state index contributed by atoms with van der Waals surface area (Å²) in [6.07, 6.45) is 3.94. The summed E-state index contributed by atoms with van der Waals surface area (Å²) in [5, 5.41) is 2.79. The van der Waals surface area contributed by atoms with Crippen LogP contribution in [0.15, 0.2) is 42.5 Å². The lowest BCUT2D eigenvalue weighted by molar-refractivity contribution is -0.126. The number of amides is 2. The van der Waals surface area contributed by atoms with Crippen LogP contribution in [0.25, 0.3) is 0 Å². The average Bonchev–Trinajstić information content (AvgIpc) is 2.66. The van der Waals surface area contributed by atoms with Gasteiger partial charge in [-0.2, -0.15) is 0 Å². The van der Waals surface area contributed by atoms with Gasteiger partial charge in [-0.05, 0) is 68.0 Å². The van der Waals surface area contributed by atoms with Crippen LogP contribution in [0, 0.1) is 0 Å². The van der Waals surface area contributed by atoms with E-state index in [1.807, 2.05) is 24.3 Å². The Bertz CT molecular complexity index is 862. The first kappa shape index (κ1) is 16.6. The molecule has 1 atom stereocenters. The fourth-order valence-electron chi connectivity index (χ4n) is 3.69. The van der Waals surface area contributed by atoms with Gasteiger partial charge in [0, 0.05) is 0 Å². The Morgan fingerprint density at radius 3 is 2.73 bits per heavy atom. The summed E-state index contributed by atoms with van der Waals surface area (Å²) >= 11 is 0. The van der Waals surface area contributed by atoms with Crippen LogP contribution in [0.3, 0.4) is 0 Å². The highest BCUT2D eigenvalue weighted by Gasteiger charge is 2.30. The zero-order chi connectivity index (χ0) is 18.1. The molecule has 2 aromatic rings. The molecule has 0 bridgehead atoms. The molecule has 1 N–H and O–H groups in total. The van der Waals surface area contributed by atoms with Gasteiger partial charge in [0.15, 0.2) is 6.10 Å². The second-order valence-electron chi connectivity index (χ2n) is 6.89. The second-order valence-corrected chi connectivity index (χ2v) is 6.89. The molecular formula is C21H22N2O3. The summed E-state index contributed by atoms with van der Waals surface area (Å²) < 4.78 is 5.92. The molecule has 1 heterocycles. The van der Waals surface area contributed by atoms with Crippen molar-refractivity contribution in [2.75, 3.05) is 16.8 Å². The number of hydrogen-bond donors (Lipinski definition) is 1. The zero-order valence-electron chi connectivity index (χ0n) is 14.8. The van der Waals surface area contributed by atoms with Gasteiger partial charge < -0.3 is 10.1 Å². The van der Waals surface area contributed by atoms with Crippen molar-refractivity contribution in [2.45, 2.75) is 38.7 Å². The van der Waals surface area contributed by atoms with Crippen LogP contribution in [0.4, 0.5) is 11.4 Å². The number of para-hydroxylation sites is 2. The van der Waals surface area contributed by atoms with E-state index in [-0.39, 0.29) is 18.4 Å². The summed E-state index contributed by atoms with van der Waals surface area (Å²) in [4.78, 5) is 26.4. The molecule has 2 aromatic carbocycles. The van der Waals surface area contributed by atoms with Crippen molar-refractivity contribution < 1.29 is 14.3 Å². The predicted molar refractivity (Wildman–Crippen MR) is 101 cm³/mol. The molecular weight excluding hydrogens is 328 g/mol. The number of aryl methyl sites for hydroxylation is 2. The number of rotatable bonds is 3. The van der Waals surface area contributed by atoms with Gasteiger partial charge in [0.1, 0.15) is 12.3 Å². The lowest BCUT2D eigenvalue weighted by Crippen LogP contribution is -2.47. The number of fused-ring (bicyclic) bond motifs is 2. The summed E-state index contributed by atoms with van der Waals surface area (Å²) in [7, 11) is 0. The largest absolute Gasteiger partial charge is 0.481 e. The minimum absolute atomic E-state index is 0.00767. The number of anilines is 2. The first-order valence-electron chi connectivity index (χ1n) is 9.10. The van der Waals surface area contributed by atoms with E-state index in [2.05, 4.69) is 17.4 Å². The third kappa shape index (κ3) is 3.17. The molecule has 0 saturated heterocycles. The van der Waals surface area contributed by atoms with Gasteiger partial charge in [-0.1, -0.05) is 18.2 Å². The fraction of sp³-hybridized carbons (Fsp3) is 0.333. The van der Waals surface area contributed by atoms with Crippen molar-refractivity contribution in [1.29, 1.82) is 0 Å². The van der Waals surface area contributed by atoms with Gasteiger partial charge in [0.2, 0.25) is 5.91 Å². The molecule has 1 aliphatic heterocycles. The maximum atomic E-state index is 12.9. The Balaban J connectivity index is 1.52. The highest BCUT2D eigenvalue weighted by molar-refractivity contribution is 6.10. The second kappa shape index (κ2) is 6.83. The quantitative estimate of drug-likeness (QED) is 0.924. The number of benzene rings is 2. The highest BCUT2D eigenvalue weighted by Crippen LogP contribution is 2.30. The Morgan fingerprint density at radius 1 is 1.12 bits per heavy atom. The third-order valence-electron chi connectivity index (χ3n) is 5.02. The molecule has 0 fully saturated rings. The van der Waals surface area contributed by atoms with Gasteiger partial charge >= 0.3 is 0 Å². The Kier molecular flexibility index (Phi) is 4.37. The first-order chi connectivity index (χ1) is 12.6. The summed E-state index contributed by atoms with van der Waals surface area (Å²) in [5.41, 5.74) is 4.05. The lowest BCUT2D eigenvalue weighted by atomic mass is 9.92. The minimum Gasteiger partial charge on any atom is -0.481 e. The van der Waals surface area contributed by atoms with E-state index in [1.54, 1.807) is 13.0 Å². The molecule has 0 unspecified atom stereocenters. The van der Waals surface area contributed by atoms with E-state index in [0.29, 0.717) is 17.1 Å². The molecule has 5 heteroatoms. The van der Waals surface area contributed by atoms with E-state index in [9.17, 15) is 9.59 Å². The molecule has 2 aliphatic rings. The van der Waals surface area contributed by atoms with Crippen LogP contribution >= 0.6 is 0 Å². The van der Waals surface area contributed by atoms with Gasteiger partial charge in [-0.3, -0.25) is 14.5 Å². The maximum Gasteiger partial charge on any atom is 0.268 e. The van der Waals surface area contributed by atoms with Crippen LogP contribution in [-0.2, 0) is 22.4 Å². The van der Waals surface area contributed by atoms with E-state index in [1.165, 1.54) is 28.9 Å². The molecule has 1 aliphatic carbocycles. The SMILES string of the molecule is C[C@@H](Oc1ccc2c(c1)CCCC2)C(=O)N1CC(=O)Nc2ccccc21. The van der Waals surface area contributed by atoms with Crippen LogP contribution in [-0.4, -0.2) is 24.5 Å². The Morgan fingerprint density at radius 2 is 1.88 bits per heavy atom. The van der Waals surface area contributed by atoms with E-state index >= 15 is 0 Å². The number of hydrogen-bond acceptors (Lipinski definition) is 3.